The van der Waals surface area contributed by atoms with Gasteiger partial charge in [-0.3, -0.25) is 24.4 Å². The zero-order valence-electron chi connectivity index (χ0n) is 18.1. The molecule has 1 aliphatic rings. The average Bonchev–Trinajstić information content (AvgIpc) is 3.04. The van der Waals surface area contributed by atoms with E-state index in [1.54, 1.807) is 61.5 Å². The quantitative estimate of drug-likeness (QED) is 0.224. The van der Waals surface area contributed by atoms with Crippen LogP contribution in [0.4, 0.5) is 4.79 Å². The lowest BCUT2D eigenvalue weighted by atomic mass is 9.92. The molecule has 2 N–H and O–H groups in total. The number of urea groups is 1. The molecule has 0 aliphatic carbocycles. The van der Waals surface area contributed by atoms with E-state index < -0.39 is 23.4 Å². The van der Waals surface area contributed by atoms with Crippen LogP contribution >= 0.6 is 23.4 Å². The highest BCUT2D eigenvalue weighted by atomic mass is 35.5. The van der Waals surface area contributed by atoms with Gasteiger partial charge in [0.05, 0.1) is 16.7 Å². The summed E-state index contributed by atoms with van der Waals surface area (Å²) in [5.74, 6) is -1.42. The number of rotatable bonds is 7. The standard InChI is InChI=1S/C23H20ClN5O4S/c1-3-11-28-19(31)16-10-9-15(24)12-17(16)25-22(28)34-13-18(30)27-29-20(32)23(2,26-21(29)33)14-7-5-4-6-8-14/h3-10,12H,1,11,13H2,2H3,(H,26,33)(H,27,30)/t23-/m1/s1. The van der Waals surface area contributed by atoms with Gasteiger partial charge in [0.15, 0.2) is 5.16 Å². The van der Waals surface area contributed by atoms with Gasteiger partial charge in [0, 0.05) is 11.6 Å². The van der Waals surface area contributed by atoms with Crippen molar-refractivity contribution in [2.24, 2.45) is 0 Å². The fourth-order valence-corrected chi connectivity index (χ4v) is 4.54. The van der Waals surface area contributed by atoms with E-state index in [9.17, 15) is 19.2 Å². The summed E-state index contributed by atoms with van der Waals surface area (Å²) in [5.41, 5.74) is 1.73. The van der Waals surface area contributed by atoms with E-state index >= 15 is 0 Å². The molecule has 0 saturated carbocycles. The summed E-state index contributed by atoms with van der Waals surface area (Å²) in [6.07, 6.45) is 1.55. The monoisotopic (exact) mass is 497 g/mol. The number of nitrogens with zero attached hydrogens (tertiary/aromatic N) is 3. The summed E-state index contributed by atoms with van der Waals surface area (Å²) in [4.78, 5) is 55.4. The molecular formula is C23H20ClN5O4S. The van der Waals surface area contributed by atoms with Crippen LogP contribution in [0.5, 0.6) is 0 Å². The summed E-state index contributed by atoms with van der Waals surface area (Å²) in [6, 6.07) is 12.8. The summed E-state index contributed by atoms with van der Waals surface area (Å²) < 4.78 is 1.39. The van der Waals surface area contributed by atoms with Crippen LogP contribution in [0.25, 0.3) is 10.9 Å². The highest BCUT2D eigenvalue weighted by molar-refractivity contribution is 7.99. The smallest absolute Gasteiger partial charge is 0.318 e. The van der Waals surface area contributed by atoms with Crippen molar-refractivity contribution in [2.75, 3.05) is 5.75 Å². The molecule has 0 spiro atoms. The molecule has 1 aliphatic heterocycles. The second-order valence-corrected chi connectivity index (χ2v) is 9.02. The largest absolute Gasteiger partial charge is 0.344 e. The van der Waals surface area contributed by atoms with Crippen LogP contribution in [0.3, 0.4) is 0 Å². The van der Waals surface area contributed by atoms with Gasteiger partial charge in [-0.25, -0.2) is 9.78 Å². The Morgan fingerprint density at radius 3 is 2.68 bits per heavy atom. The number of carbonyl (C=O) groups is 3. The molecule has 4 amide bonds. The van der Waals surface area contributed by atoms with Crippen LogP contribution in [0.1, 0.15) is 12.5 Å². The molecule has 0 unspecified atom stereocenters. The lowest BCUT2D eigenvalue weighted by Crippen LogP contribution is -2.48. The zero-order valence-corrected chi connectivity index (χ0v) is 19.7. The number of aromatic nitrogens is 2. The predicted octanol–water partition coefficient (Wildman–Crippen LogP) is 2.83. The molecule has 34 heavy (non-hydrogen) atoms. The summed E-state index contributed by atoms with van der Waals surface area (Å²) >= 11 is 7.02. The van der Waals surface area contributed by atoms with Gasteiger partial charge < -0.3 is 5.32 Å². The Bertz CT molecular complexity index is 1380. The minimum Gasteiger partial charge on any atom is -0.318 e. The molecule has 11 heteroatoms. The first-order chi connectivity index (χ1) is 16.2. The van der Waals surface area contributed by atoms with Gasteiger partial charge in [-0.15, -0.1) is 6.58 Å². The molecule has 9 nitrogen and oxygen atoms in total. The van der Waals surface area contributed by atoms with Crippen LogP contribution in [-0.4, -0.2) is 38.2 Å². The first-order valence-electron chi connectivity index (χ1n) is 10.2. The van der Waals surface area contributed by atoms with E-state index in [4.69, 9.17) is 11.6 Å². The number of benzene rings is 2. The summed E-state index contributed by atoms with van der Waals surface area (Å²) in [6.45, 7) is 5.43. The minimum absolute atomic E-state index is 0.191. The lowest BCUT2D eigenvalue weighted by molar-refractivity contribution is -0.138. The predicted molar refractivity (Wildman–Crippen MR) is 129 cm³/mol. The number of allylic oxidation sites excluding steroid dienone is 1. The number of halogens is 1. The van der Waals surface area contributed by atoms with E-state index in [1.807, 2.05) is 0 Å². The number of hydrogen-bond acceptors (Lipinski definition) is 6. The maximum absolute atomic E-state index is 12.9. The van der Waals surface area contributed by atoms with Crippen molar-refractivity contribution in [2.45, 2.75) is 24.2 Å². The van der Waals surface area contributed by atoms with Crippen LogP contribution in [0.2, 0.25) is 5.02 Å². The van der Waals surface area contributed by atoms with E-state index in [-0.39, 0.29) is 23.0 Å². The molecule has 2 heterocycles. The Kier molecular flexibility index (Phi) is 6.45. The number of amides is 4. The number of fused-ring (bicyclic) bond motifs is 1. The molecular weight excluding hydrogens is 478 g/mol. The van der Waals surface area contributed by atoms with E-state index in [0.29, 0.717) is 26.5 Å². The maximum Gasteiger partial charge on any atom is 0.344 e. The number of hydrazine groups is 1. The minimum atomic E-state index is -1.30. The number of thioether (sulfide) groups is 1. The molecule has 1 saturated heterocycles. The first kappa shape index (κ1) is 23.5. The Labute approximate surface area is 203 Å². The van der Waals surface area contributed by atoms with Gasteiger partial charge in [0.2, 0.25) is 5.91 Å². The van der Waals surface area contributed by atoms with E-state index in [0.717, 1.165) is 11.8 Å². The van der Waals surface area contributed by atoms with Gasteiger partial charge >= 0.3 is 6.03 Å². The highest BCUT2D eigenvalue weighted by Crippen LogP contribution is 2.28. The Hall–Kier alpha value is -3.63. The third-order valence-corrected chi connectivity index (χ3v) is 6.52. The van der Waals surface area contributed by atoms with Gasteiger partial charge in [-0.1, -0.05) is 59.8 Å². The van der Waals surface area contributed by atoms with Gasteiger partial charge in [-0.2, -0.15) is 5.01 Å². The molecule has 0 bridgehead atoms. The SMILES string of the molecule is C=CCn1c(SCC(=O)NN2C(=O)N[C@](C)(c3ccccc3)C2=O)nc2cc(Cl)ccc2c1=O. The van der Waals surface area contributed by atoms with Crippen molar-refractivity contribution < 1.29 is 14.4 Å². The van der Waals surface area contributed by atoms with Crippen molar-refractivity contribution in [1.29, 1.82) is 0 Å². The van der Waals surface area contributed by atoms with Crippen LogP contribution in [0, 0.1) is 0 Å². The maximum atomic E-state index is 12.9. The molecule has 1 aromatic heterocycles. The molecule has 2 aromatic carbocycles. The summed E-state index contributed by atoms with van der Waals surface area (Å²) in [5, 5.41) is 4.38. The average molecular weight is 498 g/mol. The van der Waals surface area contributed by atoms with Gasteiger partial charge in [-0.05, 0) is 30.7 Å². The normalized spacial score (nSPS) is 17.6. The van der Waals surface area contributed by atoms with Crippen LogP contribution in [0.15, 0.2) is 71.1 Å². The van der Waals surface area contributed by atoms with E-state index in [1.165, 1.54) is 4.57 Å². The van der Waals surface area contributed by atoms with Crippen molar-refractivity contribution in [3.63, 3.8) is 0 Å². The summed E-state index contributed by atoms with van der Waals surface area (Å²) in [7, 11) is 0. The fraction of sp³-hybridized carbons (Fsp3) is 0.174. The van der Waals surface area contributed by atoms with Crippen molar-refractivity contribution in [3.8, 4) is 0 Å². The highest BCUT2D eigenvalue weighted by Gasteiger charge is 2.49. The number of carbonyl (C=O) groups excluding carboxylic acids is 3. The zero-order chi connectivity index (χ0) is 24.5. The Morgan fingerprint density at radius 2 is 1.97 bits per heavy atom. The van der Waals surface area contributed by atoms with Gasteiger partial charge in [0.25, 0.3) is 11.5 Å². The van der Waals surface area contributed by atoms with Crippen molar-refractivity contribution >= 4 is 52.1 Å². The lowest BCUT2D eigenvalue weighted by Gasteiger charge is -2.22. The first-order valence-corrected chi connectivity index (χ1v) is 11.6. The molecule has 1 fully saturated rings. The number of hydrogen-bond donors (Lipinski definition) is 2. The third-order valence-electron chi connectivity index (χ3n) is 5.30. The van der Waals surface area contributed by atoms with Gasteiger partial charge in [0.1, 0.15) is 5.54 Å². The molecule has 0 radical (unpaired) electrons. The Balaban J connectivity index is 1.52. The Morgan fingerprint density at radius 1 is 1.24 bits per heavy atom. The van der Waals surface area contributed by atoms with E-state index in [2.05, 4.69) is 22.3 Å². The molecule has 4 rings (SSSR count). The van der Waals surface area contributed by atoms with Crippen molar-refractivity contribution in [1.82, 2.24) is 25.3 Å². The molecule has 1 atom stereocenters. The second-order valence-electron chi connectivity index (χ2n) is 7.65. The number of nitrogens with one attached hydrogen (secondary N) is 2. The molecule has 174 valence electrons. The molecule has 3 aromatic rings. The number of imide groups is 1. The van der Waals surface area contributed by atoms with Crippen LogP contribution in [-0.2, 0) is 21.7 Å². The second kappa shape index (κ2) is 9.32. The van der Waals surface area contributed by atoms with Crippen molar-refractivity contribution in [3.05, 3.63) is 82.1 Å². The fourth-order valence-electron chi connectivity index (χ4n) is 3.57. The van der Waals surface area contributed by atoms with Crippen LogP contribution < -0.4 is 16.3 Å². The topological polar surface area (TPSA) is 113 Å². The third kappa shape index (κ3) is 4.29.